The fourth-order valence-corrected chi connectivity index (χ4v) is 1.72. The van der Waals surface area contributed by atoms with Gasteiger partial charge in [-0.2, -0.15) is 4.80 Å². The van der Waals surface area contributed by atoms with Crippen LogP contribution in [0.15, 0.2) is 12.1 Å². The molecule has 0 bridgehead atoms. The van der Waals surface area contributed by atoms with Gasteiger partial charge in [0.25, 0.3) is 0 Å². The molecule has 2 rings (SSSR count). The van der Waals surface area contributed by atoms with Gasteiger partial charge in [0.15, 0.2) is 11.6 Å². The van der Waals surface area contributed by atoms with Gasteiger partial charge in [-0.05, 0) is 17.3 Å². The fraction of sp³-hybridized carbons (Fsp3) is 0.222. The van der Waals surface area contributed by atoms with E-state index >= 15 is 0 Å². The van der Waals surface area contributed by atoms with Crippen molar-refractivity contribution in [1.82, 2.24) is 20.2 Å². The summed E-state index contributed by atoms with van der Waals surface area (Å²) in [6, 6.07) is 2.89. The summed E-state index contributed by atoms with van der Waals surface area (Å²) in [6.07, 6.45) is 0. The Hall–Kier alpha value is -1.40. The lowest BCUT2D eigenvalue weighted by Gasteiger charge is -2.05. The van der Waals surface area contributed by atoms with Crippen LogP contribution in [0.3, 0.4) is 0 Å². The summed E-state index contributed by atoms with van der Waals surface area (Å²) in [5.74, 6) is -0.111. The van der Waals surface area contributed by atoms with Crippen LogP contribution in [0, 0.1) is 5.82 Å². The van der Waals surface area contributed by atoms with Crippen molar-refractivity contribution in [3.63, 3.8) is 0 Å². The van der Waals surface area contributed by atoms with Crippen LogP contribution in [0.4, 0.5) is 10.1 Å². The molecule has 0 aliphatic heterocycles. The number of rotatable bonds is 3. The Bertz CT molecular complexity index is 519. The van der Waals surface area contributed by atoms with Crippen LogP contribution in [0.25, 0.3) is 0 Å². The number of halogens is 3. The third-order valence-electron chi connectivity index (χ3n) is 1.98. The number of aromatic nitrogens is 4. The zero-order valence-electron chi connectivity index (χ0n) is 8.78. The molecule has 17 heavy (non-hydrogen) atoms. The smallest absolute Gasteiger partial charge is 0.193 e. The summed E-state index contributed by atoms with van der Waals surface area (Å²) < 4.78 is 13.1. The van der Waals surface area contributed by atoms with Crippen LogP contribution >= 0.6 is 23.2 Å². The first kappa shape index (κ1) is 12.1. The molecule has 1 N–H and O–H groups in total. The van der Waals surface area contributed by atoms with Crippen LogP contribution < -0.4 is 5.32 Å². The molecule has 0 radical (unpaired) electrons. The number of anilines is 1. The van der Waals surface area contributed by atoms with Crippen molar-refractivity contribution in [2.45, 2.75) is 6.54 Å². The van der Waals surface area contributed by atoms with Crippen molar-refractivity contribution in [3.05, 3.63) is 33.8 Å². The molecule has 0 spiro atoms. The monoisotopic (exact) mass is 275 g/mol. The molecule has 0 fully saturated rings. The lowest BCUT2D eigenvalue weighted by atomic mass is 10.3. The van der Waals surface area contributed by atoms with Crippen LogP contribution in [-0.4, -0.2) is 20.2 Å². The van der Waals surface area contributed by atoms with Crippen LogP contribution in [0.1, 0.15) is 5.82 Å². The zero-order chi connectivity index (χ0) is 12.4. The van der Waals surface area contributed by atoms with Crippen molar-refractivity contribution in [3.8, 4) is 0 Å². The van der Waals surface area contributed by atoms with E-state index < -0.39 is 5.82 Å². The van der Waals surface area contributed by atoms with Gasteiger partial charge < -0.3 is 5.32 Å². The van der Waals surface area contributed by atoms with Crippen molar-refractivity contribution in [2.24, 2.45) is 7.05 Å². The quantitative estimate of drug-likeness (QED) is 0.874. The molecule has 0 atom stereocenters. The van der Waals surface area contributed by atoms with Crippen molar-refractivity contribution in [2.75, 3.05) is 5.32 Å². The molecule has 1 aromatic heterocycles. The first-order valence-corrected chi connectivity index (χ1v) is 5.43. The Morgan fingerprint density at radius 1 is 1.35 bits per heavy atom. The highest BCUT2D eigenvalue weighted by Gasteiger charge is 2.08. The molecule has 0 saturated carbocycles. The summed E-state index contributed by atoms with van der Waals surface area (Å²) in [6.45, 7) is 0.353. The lowest BCUT2D eigenvalue weighted by molar-refractivity contribution is 0.628. The summed E-state index contributed by atoms with van der Waals surface area (Å²) in [5, 5.41) is 14.4. The van der Waals surface area contributed by atoms with Crippen LogP contribution in [0.2, 0.25) is 10.0 Å². The maximum atomic E-state index is 13.1. The first-order chi connectivity index (χ1) is 8.06. The van der Waals surface area contributed by atoms with Crippen LogP contribution in [-0.2, 0) is 13.6 Å². The summed E-state index contributed by atoms with van der Waals surface area (Å²) >= 11 is 11.3. The predicted octanol–water partition coefficient (Wildman–Crippen LogP) is 2.27. The van der Waals surface area contributed by atoms with Crippen LogP contribution in [0.5, 0.6) is 0 Å². The van der Waals surface area contributed by atoms with E-state index in [9.17, 15) is 4.39 Å². The molecule has 0 aliphatic carbocycles. The minimum atomic E-state index is -0.628. The van der Waals surface area contributed by atoms with Gasteiger partial charge in [0.1, 0.15) is 0 Å². The van der Waals surface area contributed by atoms with E-state index in [4.69, 9.17) is 23.2 Å². The second kappa shape index (κ2) is 4.85. The normalized spacial score (nSPS) is 10.6. The largest absolute Gasteiger partial charge is 0.378 e. The average molecular weight is 276 g/mol. The number of aryl methyl sites for hydroxylation is 1. The van der Waals surface area contributed by atoms with E-state index in [1.807, 2.05) is 0 Å². The van der Waals surface area contributed by atoms with E-state index in [2.05, 4.69) is 20.7 Å². The summed E-state index contributed by atoms with van der Waals surface area (Å²) in [7, 11) is 1.67. The second-order valence-corrected chi connectivity index (χ2v) is 4.12. The minimum absolute atomic E-state index is 0.0351. The summed E-state index contributed by atoms with van der Waals surface area (Å²) in [5.41, 5.74) is 0.592. The third-order valence-corrected chi connectivity index (χ3v) is 2.53. The lowest BCUT2D eigenvalue weighted by Crippen LogP contribution is -2.02. The van der Waals surface area contributed by atoms with E-state index in [-0.39, 0.29) is 10.0 Å². The number of tetrazole rings is 1. The van der Waals surface area contributed by atoms with Crippen molar-refractivity contribution >= 4 is 28.9 Å². The Labute approximate surface area is 107 Å². The standard InChI is InChI=1S/C9H8Cl2FN5/c1-17-15-8(14-16-17)4-13-5-2-6(10)9(12)7(11)3-5/h2-3,13H,4H2,1H3. The number of hydrogen-bond acceptors (Lipinski definition) is 4. The highest BCUT2D eigenvalue weighted by atomic mass is 35.5. The Balaban J connectivity index is 2.09. The molecule has 1 heterocycles. The predicted molar refractivity (Wildman–Crippen MR) is 62.5 cm³/mol. The van der Waals surface area contributed by atoms with Crippen molar-refractivity contribution < 1.29 is 4.39 Å². The molecule has 2 aromatic rings. The number of nitrogens with one attached hydrogen (secondary N) is 1. The van der Waals surface area contributed by atoms with Gasteiger partial charge in [-0.15, -0.1) is 10.2 Å². The highest BCUT2D eigenvalue weighted by molar-refractivity contribution is 6.35. The first-order valence-electron chi connectivity index (χ1n) is 4.67. The number of benzene rings is 1. The molecule has 0 saturated heterocycles. The van der Waals surface area contributed by atoms with Crippen molar-refractivity contribution in [1.29, 1.82) is 0 Å². The Morgan fingerprint density at radius 2 is 2.00 bits per heavy atom. The molecule has 1 aromatic carbocycles. The average Bonchev–Trinajstić information content (AvgIpc) is 2.69. The fourth-order valence-electron chi connectivity index (χ4n) is 1.23. The topological polar surface area (TPSA) is 55.6 Å². The van der Waals surface area contributed by atoms with E-state index in [0.29, 0.717) is 18.1 Å². The molecule has 8 heteroatoms. The van der Waals surface area contributed by atoms with Gasteiger partial charge in [-0.1, -0.05) is 23.2 Å². The van der Waals surface area contributed by atoms with E-state index in [1.165, 1.54) is 16.9 Å². The molecule has 0 unspecified atom stereocenters. The maximum absolute atomic E-state index is 13.1. The van der Waals surface area contributed by atoms with Gasteiger partial charge in [0.05, 0.1) is 23.6 Å². The second-order valence-electron chi connectivity index (χ2n) is 3.30. The van der Waals surface area contributed by atoms with Gasteiger partial charge >= 0.3 is 0 Å². The van der Waals surface area contributed by atoms with Gasteiger partial charge in [-0.3, -0.25) is 0 Å². The van der Waals surface area contributed by atoms with E-state index in [0.717, 1.165) is 0 Å². The molecular formula is C9H8Cl2FN5. The number of hydrogen-bond donors (Lipinski definition) is 1. The molecular weight excluding hydrogens is 268 g/mol. The number of nitrogens with zero attached hydrogens (tertiary/aromatic N) is 4. The summed E-state index contributed by atoms with van der Waals surface area (Å²) in [4.78, 5) is 1.35. The molecule has 0 aliphatic rings. The SMILES string of the molecule is Cn1nnc(CNc2cc(Cl)c(F)c(Cl)c2)n1. The zero-order valence-corrected chi connectivity index (χ0v) is 10.3. The minimum Gasteiger partial charge on any atom is -0.378 e. The molecule has 5 nitrogen and oxygen atoms in total. The Kier molecular flexibility index (Phi) is 3.44. The van der Waals surface area contributed by atoms with E-state index in [1.54, 1.807) is 7.05 Å². The van der Waals surface area contributed by atoms with Gasteiger partial charge in [-0.25, -0.2) is 4.39 Å². The van der Waals surface area contributed by atoms with Gasteiger partial charge in [0, 0.05) is 5.69 Å². The third kappa shape index (κ3) is 2.83. The highest BCUT2D eigenvalue weighted by Crippen LogP contribution is 2.27. The molecule has 0 amide bonds. The van der Waals surface area contributed by atoms with Gasteiger partial charge in [0.2, 0.25) is 0 Å². The maximum Gasteiger partial charge on any atom is 0.193 e. The molecule has 90 valence electrons. The Morgan fingerprint density at radius 3 is 2.53 bits per heavy atom.